The number of para-hydroxylation sites is 1. The number of methoxy groups -OCH3 is 2. The van der Waals surface area contributed by atoms with Crippen LogP contribution in [0.3, 0.4) is 0 Å². The van der Waals surface area contributed by atoms with E-state index in [1.165, 1.54) is 20.3 Å². The van der Waals surface area contributed by atoms with Crippen molar-refractivity contribution in [2.45, 2.75) is 13.0 Å². The molecule has 0 bridgehead atoms. The van der Waals surface area contributed by atoms with Crippen molar-refractivity contribution in [1.82, 2.24) is 0 Å². The first-order valence-corrected chi connectivity index (χ1v) is 7.76. The molecular weight excluding hydrogens is 355 g/mol. The Labute approximate surface area is 150 Å². The summed E-state index contributed by atoms with van der Waals surface area (Å²) in [7, 11) is 2.94. The van der Waals surface area contributed by atoms with Crippen molar-refractivity contribution < 1.29 is 23.7 Å². The molecule has 0 radical (unpaired) electrons. The van der Waals surface area contributed by atoms with Crippen molar-refractivity contribution in [3.8, 4) is 23.0 Å². The Kier molecular flexibility index (Phi) is 6.17. The fourth-order valence-electron chi connectivity index (χ4n) is 1.91. The molecule has 128 valence electrons. The number of carbonyl (C=O) groups excluding carboxylic acids is 1. The Bertz CT molecular complexity index is 711. The van der Waals surface area contributed by atoms with E-state index in [9.17, 15) is 4.79 Å². The normalized spacial score (nSPS) is 11.5. The number of carbonyl (C=O) groups is 1. The maximum atomic E-state index is 12.3. The monoisotopic (exact) mass is 370 g/mol. The summed E-state index contributed by atoms with van der Waals surface area (Å²) in [6, 6.07) is 9.77. The van der Waals surface area contributed by atoms with Gasteiger partial charge in [0.1, 0.15) is 5.75 Å². The number of rotatable bonds is 6. The highest BCUT2D eigenvalue weighted by atomic mass is 35.5. The minimum atomic E-state index is -0.904. The molecule has 0 spiro atoms. The van der Waals surface area contributed by atoms with Crippen LogP contribution in [0.15, 0.2) is 36.4 Å². The lowest BCUT2D eigenvalue weighted by atomic mass is 10.3. The molecule has 0 aliphatic heterocycles. The maximum absolute atomic E-state index is 12.3. The first kappa shape index (κ1) is 18.2. The number of benzene rings is 2. The third kappa shape index (κ3) is 4.24. The van der Waals surface area contributed by atoms with E-state index in [2.05, 4.69) is 0 Å². The van der Waals surface area contributed by atoms with Gasteiger partial charge in [-0.25, -0.2) is 4.79 Å². The lowest BCUT2D eigenvalue weighted by Crippen LogP contribution is -2.28. The molecule has 2 aromatic carbocycles. The maximum Gasteiger partial charge on any atom is 0.352 e. The predicted octanol–water partition coefficient (Wildman–Crippen LogP) is 4.38. The first-order valence-electron chi connectivity index (χ1n) is 7.00. The van der Waals surface area contributed by atoms with Crippen molar-refractivity contribution in [2.24, 2.45) is 0 Å². The van der Waals surface area contributed by atoms with Crippen LogP contribution in [0.5, 0.6) is 23.0 Å². The van der Waals surface area contributed by atoms with Gasteiger partial charge in [-0.3, -0.25) is 0 Å². The molecule has 7 heteroatoms. The fourth-order valence-corrected chi connectivity index (χ4v) is 2.36. The zero-order chi connectivity index (χ0) is 17.7. The molecule has 0 amide bonds. The second kappa shape index (κ2) is 8.13. The van der Waals surface area contributed by atoms with Gasteiger partial charge in [0.25, 0.3) is 0 Å². The van der Waals surface area contributed by atoms with Gasteiger partial charge in [-0.15, -0.1) is 0 Å². The highest BCUT2D eigenvalue weighted by molar-refractivity contribution is 6.35. The second-order valence-corrected chi connectivity index (χ2v) is 5.59. The van der Waals surface area contributed by atoms with E-state index in [0.717, 1.165) is 0 Å². The number of halogens is 2. The molecule has 2 rings (SSSR count). The predicted molar refractivity (Wildman–Crippen MR) is 91.7 cm³/mol. The molecule has 1 atom stereocenters. The smallest absolute Gasteiger partial charge is 0.352 e. The average Bonchev–Trinajstić information content (AvgIpc) is 2.57. The standard InChI is InChI=1S/C17H16Cl2O5/c1-10(23-13-8-7-11(18)9-12(13)19)17(20)24-16-14(21-2)5-4-6-15(16)22-3/h4-10H,1-3H3/t10-/m0/s1. The highest BCUT2D eigenvalue weighted by Gasteiger charge is 2.22. The van der Waals surface area contributed by atoms with Crippen molar-refractivity contribution in [3.63, 3.8) is 0 Å². The Morgan fingerprint density at radius 3 is 2.17 bits per heavy atom. The van der Waals surface area contributed by atoms with E-state index >= 15 is 0 Å². The quantitative estimate of drug-likeness (QED) is 0.557. The zero-order valence-corrected chi connectivity index (χ0v) is 14.9. The Balaban J connectivity index is 2.15. The van der Waals surface area contributed by atoms with Gasteiger partial charge in [0.05, 0.1) is 19.2 Å². The second-order valence-electron chi connectivity index (χ2n) is 4.75. The molecule has 0 fully saturated rings. The number of esters is 1. The average molecular weight is 371 g/mol. The Morgan fingerprint density at radius 2 is 1.62 bits per heavy atom. The van der Waals surface area contributed by atoms with Gasteiger partial charge in [-0.2, -0.15) is 0 Å². The van der Waals surface area contributed by atoms with Crippen LogP contribution in [0.4, 0.5) is 0 Å². The van der Waals surface area contributed by atoms with Crippen molar-refractivity contribution in [3.05, 3.63) is 46.4 Å². The van der Waals surface area contributed by atoms with Gasteiger partial charge in [0.15, 0.2) is 17.6 Å². The zero-order valence-electron chi connectivity index (χ0n) is 13.3. The summed E-state index contributed by atoms with van der Waals surface area (Å²) in [6.07, 6.45) is -0.904. The van der Waals surface area contributed by atoms with Gasteiger partial charge in [-0.1, -0.05) is 29.3 Å². The van der Waals surface area contributed by atoms with Gasteiger partial charge in [0, 0.05) is 5.02 Å². The molecule has 2 aromatic rings. The molecule has 0 aromatic heterocycles. The summed E-state index contributed by atoms with van der Waals surface area (Å²) in [4.78, 5) is 12.3. The largest absolute Gasteiger partial charge is 0.493 e. The van der Waals surface area contributed by atoms with Crippen LogP contribution in [-0.4, -0.2) is 26.3 Å². The lowest BCUT2D eigenvalue weighted by Gasteiger charge is -2.17. The molecule has 0 saturated heterocycles. The van der Waals surface area contributed by atoms with Crippen LogP contribution in [-0.2, 0) is 4.79 Å². The van der Waals surface area contributed by atoms with E-state index in [0.29, 0.717) is 27.3 Å². The summed E-state index contributed by atoms with van der Waals surface area (Å²) in [6.45, 7) is 1.55. The van der Waals surface area contributed by atoms with Crippen molar-refractivity contribution >= 4 is 29.2 Å². The van der Waals surface area contributed by atoms with Crippen LogP contribution in [0.2, 0.25) is 10.0 Å². The molecule has 0 aliphatic carbocycles. The SMILES string of the molecule is COc1cccc(OC)c1OC(=O)[C@H](C)Oc1ccc(Cl)cc1Cl. The van der Waals surface area contributed by atoms with E-state index < -0.39 is 12.1 Å². The molecular formula is C17H16Cl2O5. The summed E-state index contributed by atoms with van der Waals surface area (Å²) < 4.78 is 21.3. The third-order valence-corrected chi connectivity index (χ3v) is 3.65. The van der Waals surface area contributed by atoms with Crippen LogP contribution < -0.4 is 18.9 Å². The Hall–Kier alpha value is -2.11. The van der Waals surface area contributed by atoms with E-state index in [-0.39, 0.29) is 5.75 Å². The molecule has 5 nitrogen and oxygen atoms in total. The third-order valence-electron chi connectivity index (χ3n) is 3.11. The van der Waals surface area contributed by atoms with Gasteiger partial charge in [0.2, 0.25) is 5.75 Å². The molecule has 0 aliphatic rings. The fraction of sp³-hybridized carbons (Fsp3) is 0.235. The van der Waals surface area contributed by atoms with E-state index in [4.69, 9.17) is 42.1 Å². The summed E-state index contributed by atoms with van der Waals surface area (Å²) >= 11 is 11.9. The number of hydrogen-bond donors (Lipinski definition) is 0. The molecule has 0 unspecified atom stereocenters. The molecule has 0 heterocycles. The van der Waals surface area contributed by atoms with Crippen LogP contribution >= 0.6 is 23.2 Å². The minimum Gasteiger partial charge on any atom is -0.493 e. The molecule has 0 N–H and O–H groups in total. The molecule has 0 saturated carbocycles. The van der Waals surface area contributed by atoms with Crippen LogP contribution in [0, 0.1) is 0 Å². The van der Waals surface area contributed by atoms with E-state index in [1.54, 1.807) is 37.3 Å². The minimum absolute atomic E-state index is 0.185. The van der Waals surface area contributed by atoms with Crippen LogP contribution in [0.1, 0.15) is 6.92 Å². The number of hydrogen-bond acceptors (Lipinski definition) is 5. The van der Waals surface area contributed by atoms with Crippen molar-refractivity contribution in [2.75, 3.05) is 14.2 Å². The van der Waals surface area contributed by atoms with Gasteiger partial charge < -0.3 is 18.9 Å². The lowest BCUT2D eigenvalue weighted by molar-refractivity contribution is -0.141. The van der Waals surface area contributed by atoms with Gasteiger partial charge >= 0.3 is 5.97 Å². The highest BCUT2D eigenvalue weighted by Crippen LogP contribution is 2.37. The number of ether oxygens (including phenoxy) is 4. The summed E-state index contributed by atoms with van der Waals surface area (Å²) in [5, 5.41) is 0.776. The van der Waals surface area contributed by atoms with Crippen molar-refractivity contribution in [1.29, 1.82) is 0 Å². The first-order chi connectivity index (χ1) is 11.5. The van der Waals surface area contributed by atoms with E-state index in [1.807, 2.05) is 0 Å². The topological polar surface area (TPSA) is 54.0 Å². The Morgan fingerprint density at radius 1 is 1.00 bits per heavy atom. The summed E-state index contributed by atoms with van der Waals surface area (Å²) in [5.74, 6) is 0.644. The summed E-state index contributed by atoms with van der Waals surface area (Å²) in [5.41, 5.74) is 0. The van der Waals surface area contributed by atoms with Crippen LogP contribution in [0.25, 0.3) is 0 Å². The van der Waals surface area contributed by atoms with Gasteiger partial charge in [-0.05, 0) is 37.3 Å². The molecule has 24 heavy (non-hydrogen) atoms.